The van der Waals surface area contributed by atoms with Gasteiger partial charge in [-0.25, -0.2) is 0 Å². The predicted octanol–water partition coefficient (Wildman–Crippen LogP) is 4.11. The van der Waals surface area contributed by atoms with Crippen LogP contribution in [0.5, 0.6) is 0 Å². The van der Waals surface area contributed by atoms with Crippen LogP contribution in [0.4, 0.5) is 0 Å². The van der Waals surface area contributed by atoms with Gasteiger partial charge in [0.2, 0.25) is 0 Å². The van der Waals surface area contributed by atoms with Gasteiger partial charge in [-0.2, -0.15) is 0 Å². The van der Waals surface area contributed by atoms with E-state index in [0.29, 0.717) is 6.42 Å². The van der Waals surface area contributed by atoms with Crippen LogP contribution in [0.25, 0.3) is 0 Å². The van der Waals surface area contributed by atoms with Gasteiger partial charge in [0, 0.05) is 6.42 Å². The van der Waals surface area contributed by atoms with Crippen molar-refractivity contribution in [1.29, 1.82) is 0 Å². The summed E-state index contributed by atoms with van der Waals surface area (Å²) in [6.07, 6.45) is 16.5. The molecule has 0 aliphatic rings. The quantitative estimate of drug-likeness (QED) is 0.221. The van der Waals surface area contributed by atoms with Gasteiger partial charge in [-0.1, -0.05) is 77.6 Å². The average molecular weight is 352 g/mol. The minimum absolute atomic E-state index is 0. The Balaban J connectivity index is 0. The fourth-order valence-corrected chi connectivity index (χ4v) is 2.89. The molecule has 0 aromatic heterocycles. The molecule has 1 unspecified atom stereocenters. The van der Waals surface area contributed by atoms with Crippen molar-refractivity contribution in [2.75, 3.05) is 13.2 Å². The van der Waals surface area contributed by atoms with E-state index in [1.165, 1.54) is 57.8 Å². The normalized spacial score (nSPS) is 11.8. The number of hydrogen-bond acceptors (Lipinski definition) is 4. The maximum absolute atomic E-state index is 11.2. The third-order valence-electron chi connectivity index (χ3n) is 4.41. The first-order valence-electron chi connectivity index (χ1n) is 10.1. The Morgan fingerprint density at radius 1 is 0.840 bits per heavy atom. The van der Waals surface area contributed by atoms with E-state index in [-0.39, 0.29) is 44.1 Å². The standard InChI is InChI=1S/C20H40O4.Li.H/c1-2-3-4-11-14-19(22)15-12-9-7-5-6-8-10-13-16-20(23)24-18-17-21;;/h19,21-22H,2-18H2,1H3;;. The van der Waals surface area contributed by atoms with Gasteiger partial charge in [0.15, 0.2) is 0 Å². The summed E-state index contributed by atoms with van der Waals surface area (Å²) in [4.78, 5) is 11.2. The number of esters is 1. The van der Waals surface area contributed by atoms with Crippen molar-refractivity contribution in [2.24, 2.45) is 0 Å². The molecule has 0 heterocycles. The van der Waals surface area contributed by atoms with E-state index in [9.17, 15) is 9.90 Å². The molecule has 1 atom stereocenters. The molecule has 0 saturated carbocycles. The van der Waals surface area contributed by atoms with Crippen molar-refractivity contribution < 1.29 is 19.7 Å². The molecule has 25 heavy (non-hydrogen) atoms. The van der Waals surface area contributed by atoms with Crippen LogP contribution in [-0.2, 0) is 9.53 Å². The zero-order valence-corrected chi connectivity index (χ0v) is 15.8. The summed E-state index contributed by atoms with van der Waals surface area (Å²) >= 11 is 0. The number of ether oxygens (including phenoxy) is 1. The Morgan fingerprint density at radius 2 is 1.32 bits per heavy atom. The van der Waals surface area contributed by atoms with Crippen molar-refractivity contribution in [3.8, 4) is 0 Å². The summed E-state index contributed by atoms with van der Waals surface area (Å²) in [5.41, 5.74) is 0. The molecule has 0 fully saturated rings. The first-order valence-corrected chi connectivity index (χ1v) is 10.1. The van der Waals surface area contributed by atoms with Gasteiger partial charge in [0.25, 0.3) is 0 Å². The molecule has 5 heteroatoms. The van der Waals surface area contributed by atoms with Crippen LogP contribution in [-0.4, -0.2) is 54.4 Å². The Morgan fingerprint density at radius 3 is 1.84 bits per heavy atom. The Kier molecular flexibility index (Phi) is 24.0. The number of hydrogen-bond donors (Lipinski definition) is 2. The fraction of sp³-hybridized carbons (Fsp3) is 0.950. The predicted molar refractivity (Wildman–Crippen MR) is 106 cm³/mol. The SMILES string of the molecule is CCCCCCC(O)CCCCCCCCCCC(=O)OCCO.[LiH]. The molecule has 0 rings (SSSR count). The van der Waals surface area contributed by atoms with E-state index >= 15 is 0 Å². The second kappa shape index (κ2) is 22.0. The average Bonchev–Trinajstić information content (AvgIpc) is 2.58. The van der Waals surface area contributed by atoms with E-state index in [0.717, 1.165) is 32.1 Å². The van der Waals surface area contributed by atoms with Crippen LogP contribution in [0.1, 0.15) is 103 Å². The molecule has 4 nitrogen and oxygen atoms in total. The van der Waals surface area contributed by atoms with Crippen molar-refractivity contribution >= 4 is 24.8 Å². The van der Waals surface area contributed by atoms with E-state index < -0.39 is 0 Å². The molecule has 0 spiro atoms. The summed E-state index contributed by atoms with van der Waals surface area (Å²) in [6, 6.07) is 0. The number of aliphatic hydroxyl groups is 2. The van der Waals surface area contributed by atoms with Crippen molar-refractivity contribution in [3.63, 3.8) is 0 Å². The molecular formula is C20H41LiO4. The second-order valence-electron chi connectivity index (χ2n) is 6.81. The molecule has 0 aromatic carbocycles. The molecule has 2 N–H and O–H groups in total. The zero-order valence-electron chi connectivity index (χ0n) is 15.8. The number of carbonyl (C=O) groups is 1. The van der Waals surface area contributed by atoms with E-state index in [1.807, 2.05) is 0 Å². The number of rotatable bonds is 18. The summed E-state index contributed by atoms with van der Waals surface area (Å²) in [7, 11) is 0. The van der Waals surface area contributed by atoms with Crippen LogP contribution in [0.2, 0.25) is 0 Å². The maximum atomic E-state index is 11.2. The zero-order chi connectivity index (χ0) is 17.9. The Labute approximate surface area is 167 Å². The molecule has 0 aliphatic heterocycles. The molecule has 0 amide bonds. The van der Waals surface area contributed by atoms with Gasteiger partial charge >= 0.3 is 24.8 Å². The van der Waals surface area contributed by atoms with Gasteiger partial charge in [-0.15, -0.1) is 0 Å². The van der Waals surface area contributed by atoms with E-state index in [4.69, 9.17) is 9.84 Å². The second-order valence-corrected chi connectivity index (χ2v) is 6.81. The molecule has 0 aromatic rings. The number of unbranched alkanes of at least 4 members (excludes halogenated alkanes) is 10. The molecule has 0 aliphatic carbocycles. The topological polar surface area (TPSA) is 66.8 Å². The van der Waals surface area contributed by atoms with Gasteiger partial charge < -0.3 is 14.9 Å². The summed E-state index contributed by atoms with van der Waals surface area (Å²) in [5.74, 6) is -0.197. The van der Waals surface area contributed by atoms with Crippen LogP contribution in [0, 0.1) is 0 Å². The molecule has 0 bridgehead atoms. The first-order chi connectivity index (χ1) is 11.7. The van der Waals surface area contributed by atoms with Crippen LogP contribution < -0.4 is 0 Å². The van der Waals surface area contributed by atoms with Crippen LogP contribution >= 0.6 is 0 Å². The summed E-state index contributed by atoms with van der Waals surface area (Å²) in [5, 5.41) is 18.4. The number of aliphatic hydroxyl groups excluding tert-OH is 2. The van der Waals surface area contributed by atoms with Gasteiger partial charge in [-0.05, 0) is 19.3 Å². The summed E-state index contributed by atoms with van der Waals surface area (Å²) in [6.45, 7) is 2.23. The molecule has 0 saturated heterocycles. The van der Waals surface area contributed by atoms with E-state index in [2.05, 4.69) is 6.92 Å². The first kappa shape index (κ1) is 27.2. The third kappa shape index (κ3) is 21.9. The molecule has 0 radical (unpaired) electrons. The van der Waals surface area contributed by atoms with E-state index in [1.54, 1.807) is 0 Å². The summed E-state index contributed by atoms with van der Waals surface area (Å²) < 4.78 is 4.81. The van der Waals surface area contributed by atoms with Crippen molar-refractivity contribution in [2.45, 2.75) is 109 Å². The fourth-order valence-electron chi connectivity index (χ4n) is 2.89. The van der Waals surface area contributed by atoms with Crippen LogP contribution in [0.15, 0.2) is 0 Å². The van der Waals surface area contributed by atoms with Crippen molar-refractivity contribution in [1.82, 2.24) is 0 Å². The van der Waals surface area contributed by atoms with Gasteiger partial charge in [0.05, 0.1) is 12.7 Å². The van der Waals surface area contributed by atoms with Gasteiger partial charge in [-0.3, -0.25) is 4.79 Å². The van der Waals surface area contributed by atoms with Crippen molar-refractivity contribution in [3.05, 3.63) is 0 Å². The minimum atomic E-state index is -0.197. The van der Waals surface area contributed by atoms with Crippen LogP contribution in [0.3, 0.4) is 0 Å². The molecular weight excluding hydrogens is 311 g/mol. The Hall–Kier alpha value is -0.0126. The van der Waals surface area contributed by atoms with Gasteiger partial charge in [0.1, 0.15) is 6.61 Å². The monoisotopic (exact) mass is 352 g/mol. The number of carbonyl (C=O) groups excluding carboxylic acids is 1. The third-order valence-corrected chi connectivity index (χ3v) is 4.41. The molecule has 146 valence electrons. The Bertz CT molecular complexity index is 274.